The number of anilines is 2. The van der Waals surface area contributed by atoms with E-state index in [0.29, 0.717) is 42.0 Å². The van der Waals surface area contributed by atoms with Gasteiger partial charge in [-0.1, -0.05) is 18.2 Å². The van der Waals surface area contributed by atoms with Gasteiger partial charge in [0.15, 0.2) is 0 Å². The number of halogens is 1. The summed E-state index contributed by atoms with van der Waals surface area (Å²) < 4.78 is 5.12. The number of benzene rings is 1. The Labute approximate surface area is 179 Å². The Bertz CT molecular complexity index is 1010. The van der Waals surface area contributed by atoms with E-state index in [1.807, 2.05) is 17.0 Å². The van der Waals surface area contributed by atoms with E-state index >= 15 is 0 Å². The van der Waals surface area contributed by atoms with Crippen molar-refractivity contribution in [2.24, 2.45) is 0 Å². The van der Waals surface area contributed by atoms with Crippen molar-refractivity contribution >= 4 is 35.1 Å². The van der Waals surface area contributed by atoms with Crippen molar-refractivity contribution in [2.75, 3.05) is 37.0 Å². The monoisotopic (exact) mass is 427 g/mol. The highest BCUT2D eigenvalue weighted by molar-refractivity contribution is 6.31. The van der Waals surface area contributed by atoms with Crippen molar-refractivity contribution in [3.05, 3.63) is 53.2 Å². The third-order valence-electron chi connectivity index (χ3n) is 5.38. The molecule has 30 heavy (non-hydrogen) atoms. The van der Waals surface area contributed by atoms with Crippen LogP contribution in [-0.4, -0.2) is 59.5 Å². The van der Waals surface area contributed by atoms with Crippen LogP contribution in [0.5, 0.6) is 5.88 Å². The van der Waals surface area contributed by atoms with E-state index in [0.717, 1.165) is 24.1 Å². The highest BCUT2D eigenvalue weighted by atomic mass is 35.5. The molecule has 3 heterocycles. The molecule has 1 N–H and O–H groups in total. The number of aromatic nitrogens is 2. The van der Waals surface area contributed by atoms with Crippen molar-refractivity contribution < 1.29 is 14.3 Å². The summed E-state index contributed by atoms with van der Waals surface area (Å²) >= 11 is 5.96. The Balaban J connectivity index is 1.42. The van der Waals surface area contributed by atoms with Gasteiger partial charge in [-0.3, -0.25) is 9.59 Å². The summed E-state index contributed by atoms with van der Waals surface area (Å²) in [5, 5.41) is 3.58. The second-order valence-corrected chi connectivity index (χ2v) is 7.63. The van der Waals surface area contributed by atoms with E-state index in [2.05, 4.69) is 21.9 Å². The topological polar surface area (TPSA) is 87.7 Å². The molecule has 156 valence electrons. The van der Waals surface area contributed by atoms with E-state index in [9.17, 15) is 9.59 Å². The van der Waals surface area contributed by atoms with E-state index in [1.165, 1.54) is 19.4 Å². The number of rotatable bonds is 5. The number of hydrogen-bond donors (Lipinski definition) is 1. The number of nitrogens with one attached hydrogen (secondary N) is 1. The number of fused-ring (bicyclic) bond motifs is 1. The molecular formula is C21H22ClN5O3. The summed E-state index contributed by atoms with van der Waals surface area (Å²) in [6, 6.07) is 5.55. The van der Waals surface area contributed by atoms with Gasteiger partial charge in [0.1, 0.15) is 5.02 Å². The third kappa shape index (κ3) is 3.82. The fourth-order valence-electron chi connectivity index (χ4n) is 3.87. The second kappa shape index (κ2) is 8.31. The Morgan fingerprint density at radius 2 is 2.20 bits per heavy atom. The summed E-state index contributed by atoms with van der Waals surface area (Å²) in [6.45, 7) is 5.34. The maximum absolute atomic E-state index is 13.0. The van der Waals surface area contributed by atoms with Gasteiger partial charge < -0.3 is 19.9 Å². The number of nitrogens with zero attached hydrogens (tertiary/aromatic N) is 4. The fourth-order valence-corrected chi connectivity index (χ4v) is 4.03. The highest BCUT2D eigenvalue weighted by Gasteiger charge is 2.29. The second-order valence-electron chi connectivity index (χ2n) is 7.22. The van der Waals surface area contributed by atoms with Crippen LogP contribution in [0.3, 0.4) is 0 Å². The molecule has 0 bridgehead atoms. The minimum absolute atomic E-state index is 0.0230. The molecule has 1 saturated heterocycles. The zero-order valence-electron chi connectivity index (χ0n) is 16.6. The van der Waals surface area contributed by atoms with Gasteiger partial charge in [0, 0.05) is 36.9 Å². The fraction of sp³-hybridized carbons (Fsp3) is 0.333. The number of amides is 2. The molecule has 2 aliphatic heterocycles. The Kier molecular flexibility index (Phi) is 5.59. The van der Waals surface area contributed by atoms with Crippen LogP contribution in [0.25, 0.3) is 0 Å². The highest BCUT2D eigenvalue weighted by Crippen LogP contribution is 2.30. The molecule has 0 spiro atoms. The summed E-state index contributed by atoms with van der Waals surface area (Å²) in [4.78, 5) is 36.8. The van der Waals surface area contributed by atoms with Crippen LogP contribution in [0.15, 0.2) is 37.1 Å². The number of ether oxygens (including phenoxy) is 1. The molecule has 2 aromatic rings. The van der Waals surface area contributed by atoms with Crippen LogP contribution in [-0.2, 0) is 11.2 Å². The van der Waals surface area contributed by atoms with Gasteiger partial charge in [-0.25, -0.2) is 4.98 Å². The van der Waals surface area contributed by atoms with Crippen molar-refractivity contribution in [1.82, 2.24) is 14.9 Å². The Hall–Kier alpha value is -3.13. The van der Waals surface area contributed by atoms with E-state index in [4.69, 9.17) is 16.3 Å². The molecule has 1 aromatic carbocycles. The first-order valence-corrected chi connectivity index (χ1v) is 10.1. The summed E-state index contributed by atoms with van der Waals surface area (Å²) in [5.74, 6) is 0.579. The average Bonchev–Trinajstić information content (AvgIpc) is 3.40. The first-order valence-electron chi connectivity index (χ1n) is 9.69. The molecule has 8 nitrogen and oxygen atoms in total. The number of carbonyl (C=O) groups excluding carboxylic acids is 2. The normalized spacial score (nSPS) is 17.6. The molecule has 2 aliphatic rings. The predicted molar refractivity (Wildman–Crippen MR) is 114 cm³/mol. The lowest BCUT2D eigenvalue weighted by Crippen LogP contribution is -2.32. The first-order chi connectivity index (χ1) is 14.5. The van der Waals surface area contributed by atoms with Crippen LogP contribution >= 0.6 is 11.6 Å². The maximum atomic E-state index is 13.0. The summed E-state index contributed by atoms with van der Waals surface area (Å²) in [6.07, 6.45) is 4.31. The maximum Gasteiger partial charge on any atom is 0.253 e. The van der Waals surface area contributed by atoms with Crippen LogP contribution in [0.2, 0.25) is 5.02 Å². The molecule has 1 atom stereocenters. The minimum Gasteiger partial charge on any atom is -0.480 e. The van der Waals surface area contributed by atoms with Gasteiger partial charge in [-0.2, -0.15) is 4.98 Å². The van der Waals surface area contributed by atoms with E-state index in [-0.39, 0.29) is 17.9 Å². The zero-order valence-corrected chi connectivity index (χ0v) is 17.4. The van der Waals surface area contributed by atoms with Crippen molar-refractivity contribution in [1.29, 1.82) is 0 Å². The molecule has 1 unspecified atom stereocenters. The van der Waals surface area contributed by atoms with Gasteiger partial charge in [-0.15, -0.1) is 0 Å². The van der Waals surface area contributed by atoms with Crippen molar-refractivity contribution in [2.45, 2.75) is 18.9 Å². The SMILES string of the molecule is C=CC(=O)N1CCc2cc(C(=O)N3CCC(Nc4ncc(Cl)c(OC)n4)C3)ccc21. The van der Waals surface area contributed by atoms with Crippen molar-refractivity contribution in [3.8, 4) is 5.88 Å². The lowest BCUT2D eigenvalue weighted by atomic mass is 10.1. The van der Waals surface area contributed by atoms with Crippen LogP contribution in [0.1, 0.15) is 22.3 Å². The van der Waals surface area contributed by atoms with Gasteiger partial charge in [0.25, 0.3) is 5.91 Å². The lowest BCUT2D eigenvalue weighted by Gasteiger charge is -2.19. The third-order valence-corrected chi connectivity index (χ3v) is 5.64. The molecule has 2 amide bonds. The lowest BCUT2D eigenvalue weighted by molar-refractivity contribution is -0.114. The van der Waals surface area contributed by atoms with E-state index < -0.39 is 0 Å². The van der Waals surface area contributed by atoms with Crippen LogP contribution < -0.4 is 15.0 Å². The Morgan fingerprint density at radius 1 is 1.37 bits per heavy atom. The summed E-state index contributed by atoms with van der Waals surface area (Å²) in [7, 11) is 1.50. The molecule has 1 fully saturated rings. The molecule has 0 aliphatic carbocycles. The van der Waals surface area contributed by atoms with Crippen LogP contribution in [0, 0.1) is 0 Å². The number of carbonyl (C=O) groups is 2. The average molecular weight is 428 g/mol. The summed E-state index contributed by atoms with van der Waals surface area (Å²) in [5.41, 5.74) is 2.49. The molecular weight excluding hydrogens is 406 g/mol. The number of methoxy groups -OCH3 is 1. The van der Waals surface area contributed by atoms with Gasteiger partial charge in [0.2, 0.25) is 17.7 Å². The first kappa shape index (κ1) is 20.2. The minimum atomic E-state index is -0.123. The number of likely N-dealkylation sites (tertiary alicyclic amines) is 1. The van der Waals surface area contributed by atoms with Crippen molar-refractivity contribution in [3.63, 3.8) is 0 Å². The molecule has 0 radical (unpaired) electrons. The zero-order chi connectivity index (χ0) is 21.3. The van der Waals surface area contributed by atoms with Gasteiger partial charge in [-0.05, 0) is 42.7 Å². The van der Waals surface area contributed by atoms with E-state index in [1.54, 1.807) is 11.0 Å². The van der Waals surface area contributed by atoms with Gasteiger partial charge in [0.05, 0.1) is 13.3 Å². The van der Waals surface area contributed by atoms with Crippen LogP contribution in [0.4, 0.5) is 11.6 Å². The molecule has 4 rings (SSSR count). The quantitative estimate of drug-likeness (QED) is 0.738. The Morgan fingerprint density at radius 3 is 2.97 bits per heavy atom. The molecule has 0 saturated carbocycles. The smallest absolute Gasteiger partial charge is 0.253 e. The predicted octanol–water partition coefficient (Wildman–Crippen LogP) is 2.54. The standard InChI is InChI=1S/C21H22ClN5O3/c1-3-18(28)27-9-6-13-10-14(4-5-17(13)27)20(29)26-8-7-15(12-26)24-21-23-11-16(22)19(25-21)30-2/h3-5,10-11,15H,1,6-9,12H2,2H3,(H,23,24,25). The van der Waals surface area contributed by atoms with Gasteiger partial charge >= 0.3 is 0 Å². The number of hydrogen-bond acceptors (Lipinski definition) is 6. The molecule has 9 heteroatoms. The molecule has 1 aromatic heterocycles. The largest absolute Gasteiger partial charge is 0.480 e.